The van der Waals surface area contributed by atoms with Gasteiger partial charge < -0.3 is 19.0 Å². The minimum Gasteiger partial charge on any atom is -0.496 e. The molecule has 0 unspecified atom stereocenters. The highest BCUT2D eigenvalue weighted by Crippen LogP contribution is 2.47. The van der Waals surface area contributed by atoms with E-state index < -0.39 is 23.2 Å². The van der Waals surface area contributed by atoms with E-state index in [2.05, 4.69) is 0 Å². The SMILES string of the molecule is COc1cc(OC)c(C(F)(F)F)c(OC)c1CC=O. The van der Waals surface area contributed by atoms with Crippen molar-refractivity contribution in [3.8, 4) is 17.2 Å². The van der Waals surface area contributed by atoms with Gasteiger partial charge in [-0.2, -0.15) is 13.2 Å². The molecule has 1 rings (SSSR count). The molecule has 106 valence electrons. The number of halogens is 3. The van der Waals surface area contributed by atoms with Gasteiger partial charge in [0.05, 0.1) is 21.3 Å². The van der Waals surface area contributed by atoms with Gasteiger partial charge in [0.15, 0.2) is 0 Å². The van der Waals surface area contributed by atoms with E-state index in [1.54, 1.807) is 0 Å². The summed E-state index contributed by atoms with van der Waals surface area (Å²) in [7, 11) is 3.50. The molecule has 7 heteroatoms. The zero-order valence-corrected chi connectivity index (χ0v) is 10.6. The summed E-state index contributed by atoms with van der Waals surface area (Å²) in [5.41, 5.74) is -1.02. The van der Waals surface area contributed by atoms with Crippen molar-refractivity contribution in [1.29, 1.82) is 0 Å². The monoisotopic (exact) mass is 278 g/mol. The number of hydrogen-bond donors (Lipinski definition) is 0. The third-order valence-corrected chi connectivity index (χ3v) is 2.52. The second-order valence-electron chi connectivity index (χ2n) is 3.54. The third-order valence-electron chi connectivity index (χ3n) is 2.52. The Hall–Kier alpha value is -1.92. The summed E-state index contributed by atoms with van der Waals surface area (Å²) in [6.45, 7) is 0. The lowest BCUT2D eigenvalue weighted by Crippen LogP contribution is -2.12. The van der Waals surface area contributed by atoms with Gasteiger partial charge in [-0.3, -0.25) is 0 Å². The summed E-state index contributed by atoms with van der Waals surface area (Å²) in [4.78, 5) is 10.6. The first-order valence-electron chi connectivity index (χ1n) is 5.23. The van der Waals surface area contributed by atoms with Gasteiger partial charge in [-0.15, -0.1) is 0 Å². The van der Waals surface area contributed by atoms with Crippen LogP contribution in [0.25, 0.3) is 0 Å². The fourth-order valence-corrected chi connectivity index (χ4v) is 1.77. The topological polar surface area (TPSA) is 44.8 Å². The molecule has 0 aromatic heterocycles. The largest absolute Gasteiger partial charge is 0.496 e. The maximum absolute atomic E-state index is 13.0. The van der Waals surface area contributed by atoms with E-state index in [9.17, 15) is 18.0 Å². The summed E-state index contributed by atoms with van der Waals surface area (Å²) in [5.74, 6) is -0.777. The molecule has 1 aromatic rings. The van der Waals surface area contributed by atoms with Crippen molar-refractivity contribution >= 4 is 6.29 Å². The van der Waals surface area contributed by atoms with Crippen LogP contribution in [0.5, 0.6) is 17.2 Å². The van der Waals surface area contributed by atoms with E-state index in [1.165, 1.54) is 7.11 Å². The maximum atomic E-state index is 13.0. The Labute approximate surface area is 108 Å². The Bertz CT molecular complexity index is 469. The number of methoxy groups -OCH3 is 3. The standard InChI is InChI=1S/C12H13F3O4/c1-17-8-6-9(18-2)10(12(13,14)15)11(19-3)7(8)4-5-16/h5-6H,4H2,1-3H3. The van der Waals surface area contributed by atoms with E-state index in [1.807, 2.05) is 0 Å². The number of alkyl halides is 3. The summed E-state index contributed by atoms with van der Waals surface area (Å²) in [5, 5.41) is 0. The van der Waals surface area contributed by atoms with Crippen LogP contribution in [0.3, 0.4) is 0 Å². The van der Waals surface area contributed by atoms with Crippen molar-refractivity contribution in [2.45, 2.75) is 12.6 Å². The number of carbonyl (C=O) groups excluding carboxylic acids is 1. The lowest BCUT2D eigenvalue weighted by Gasteiger charge is -2.20. The molecule has 0 aliphatic heterocycles. The highest BCUT2D eigenvalue weighted by Gasteiger charge is 2.40. The first kappa shape index (κ1) is 15.1. The molecular weight excluding hydrogens is 265 g/mol. The maximum Gasteiger partial charge on any atom is 0.423 e. The van der Waals surface area contributed by atoms with Gasteiger partial charge in [0.1, 0.15) is 29.1 Å². The predicted molar refractivity (Wildman–Crippen MR) is 60.9 cm³/mol. The highest BCUT2D eigenvalue weighted by atomic mass is 19.4. The third kappa shape index (κ3) is 2.91. The van der Waals surface area contributed by atoms with Gasteiger partial charge in [0.25, 0.3) is 0 Å². The van der Waals surface area contributed by atoms with E-state index in [0.29, 0.717) is 6.29 Å². The fourth-order valence-electron chi connectivity index (χ4n) is 1.77. The fraction of sp³-hybridized carbons (Fsp3) is 0.417. The van der Waals surface area contributed by atoms with Crippen LogP contribution < -0.4 is 14.2 Å². The molecule has 0 radical (unpaired) electrons. The van der Waals surface area contributed by atoms with Gasteiger partial charge in [0, 0.05) is 18.1 Å². The molecular formula is C12H13F3O4. The number of ether oxygens (including phenoxy) is 3. The van der Waals surface area contributed by atoms with Gasteiger partial charge >= 0.3 is 6.18 Å². The molecule has 0 aliphatic carbocycles. The zero-order chi connectivity index (χ0) is 14.6. The lowest BCUT2D eigenvalue weighted by molar-refractivity contribution is -0.140. The predicted octanol–water partition coefficient (Wildman–Crippen LogP) is 2.47. The van der Waals surface area contributed by atoms with Gasteiger partial charge in [-0.05, 0) is 0 Å². The molecule has 0 saturated heterocycles. The molecule has 0 atom stereocenters. The van der Waals surface area contributed by atoms with Crippen LogP contribution in [-0.4, -0.2) is 27.6 Å². The zero-order valence-electron chi connectivity index (χ0n) is 10.6. The number of benzene rings is 1. The Morgan fingerprint density at radius 2 is 1.68 bits per heavy atom. The van der Waals surface area contributed by atoms with Crippen molar-refractivity contribution < 1.29 is 32.2 Å². The number of rotatable bonds is 5. The van der Waals surface area contributed by atoms with Crippen LogP contribution in [-0.2, 0) is 17.4 Å². The van der Waals surface area contributed by atoms with Crippen molar-refractivity contribution in [2.75, 3.05) is 21.3 Å². The Morgan fingerprint density at radius 3 is 2.05 bits per heavy atom. The molecule has 0 N–H and O–H groups in total. The van der Waals surface area contributed by atoms with Crippen LogP contribution >= 0.6 is 0 Å². The molecule has 0 bridgehead atoms. The molecule has 4 nitrogen and oxygen atoms in total. The van der Waals surface area contributed by atoms with E-state index in [-0.39, 0.29) is 17.7 Å². The van der Waals surface area contributed by atoms with Crippen LogP contribution in [0.4, 0.5) is 13.2 Å². The Kier molecular flexibility index (Phi) is 4.63. The number of aldehydes is 1. The first-order chi connectivity index (χ1) is 8.90. The molecule has 0 aliphatic rings. The Balaban J connectivity index is 3.68. The minimum absolute atomic E-state index is 0.0353. The van der Waals surface area contributed by atoms with Crippen LogP contribution in [0.15, 0.2) is 6.07 Å². The van der Waals surface area contributed by atoms with Crippen molar-refractivity contribution in [3.05, 3.63) is 17.2 Å². The van der Waals surface area contributed by atoms with Crippen molar-refractivity contribution in [1.82, 2.24) is 0 Å². The number of hydrogen-bond acceptors (Lipinski definition) is 4. The highest BCUT2D eigenvalue weighted by molar-refractivity contribution is 5.66. The Morgan fingerprint density at radius 1 is 1.11 bits per heavy atom. The average Bonchev–Trinajstić information content (AvgIpc) is 2.36. The van der Waals surface area contributed by atoms with Crippen molar-refractivity contribution in [3.63, 3.8) is 0 Å². The summed E-state index contributed by atoms with van der Waals surface area (Å²) < 4.78 is 53.6. The molecule has 0 fully saturated rings. The molecule has 0 amide bonds. The normalized spacial score (nSPS) is 11.1. The van der Waals surface area contributed by atoms with Gasteiger partial charge in [-0.25, -0.2) is 0 Å². The number of carbonyl (C=O) groups is 1. The molecule has 19 heavy (non-hydrogen) atoms. The summed E-state index contributed by atoms with van der Waals surface area (Å²) >= 11 is 0. The lowest BCUT2D eigenvalue weighted by atomic mass is 10.0. The molecule has 0 saturated carbocycles. The molecule has 0 heterocycles. The second kappa shape index (κ2) is 5.81. The summed E-state index contributed by atoms with van der Waals surface area (Å²) in [6.07, 6.45) is -4.44. The van der Waals surface area contributed by atoms with Crippen molar-refractivity contribution in [2.24, 2.45) is 0 Å². The van der Waals surface area contributed by atoms with E-state index in [4.69, 9.17) is 14.2 Å². The van der Waals surface area contributed by atoms with E-state index in [0.717, 1.165) is 20.3 Å². The smallest absolute Gasteiger partial charge is 0.423 e. The molecule has 1 aromatic carbocycles. The van der Waals surface area contributed by atoms with E-state index >= 15 is 0 Å². The first-order valence-corrected chi connectivity index (χ1v) is 5.23. The van der Waals surface area contributed by atoms with Gasteiger partial charge in [0.2, 0.25) is 0 Å². The van der Waals surface area contributed by atoms with Crippen LogP contribution in [0, 0.1) is 0 Å². The molecule has 0 spiro atoms. The summed E-state index contributed by atoms with van der Waals surface area (Å²) in [6, 6.07) is 1.09. The second-order valence-corrected chi connectivity index (χ2v) is 3.54. The minimum atomic E-state index is -4.67. The van der Waals surface area contributed by atoms with Crippen LogP contribution in [0.2, 0.25) is 0 Å². The van der Waals surface area contributed by atoms with Crippen LogP contribution in [0.1, 0.15) is 11.1 Å². The quantitative estimate of drug-likeness (QED) is 0.776. The average molecular weight is 278 g/mol. The van der Waals surface area contributed by atoms with Gasteiger partial charge in [-0.1, -0.05) is 0 Å².